The van der Waals surface area contributed by atoms with Crippen molar-refractivity contribution in [2.45, 2.75) is 32.0 Å². The second-order valence-electron chi connectivity index (χ2n) is 7.63. The van der Waals surface area contributed by atoms with E-state index in [1.54, 1.807) is 12.1 Å². The van der Waals surface area contributed by atoms with E-state index in [0.717, 1.165) is 29.7 Å². The second kappa shape index (κ2) is 10.8. The number of hydrogen-bond donors (Lipinski definition) is 3. The highest BCUT2D eigenvalue weighted by atomic mass is 19.4. The van der Waals surface area contributed by atoms with Crippen LogP contribution in [0.3, 0.4) is 0 Å². The van der Waals surface area contributed by atoms with Crippen molar-refractivity contribution in [2.24, 2.45) is 0 Å². The van der Waals surface area contributed by atoms with Gasteiger partial charge in [0.15, 0.2) is 0 Å². The van der Waals surface area contributed by atoms with Crippen LogP contribution in [0.25, 0.3) is 11.1 Å². The number of benzene rings is 2. The third-order valence-electron chi connectivity index (χ3n) is 5.24. The van der Waals surface area contributed by atoms with Crippen molar-refractivity contribution in [3.8, 4) is 11.1 Å². The molecule has 1 amide bonds. The fraction of sp³-hybridized carbons (Fsp3) is 0.240. The lowest BCUT2D eigenvalue weighted by Gasteiger charge is -2.19. The van der Waals surface area contributed by atoms with Gasteiger partial charge < -0.3 is 15.7 Å². The molecule has 1 heterocycles. The average Bonchev–Trinajstić information content (AvgIpc) is 2.82. The van der Waals surface area contributed by atoms with Crippen LogP contribution in [0.5, 0.6) is 0 Å². The molecule has 0 unspecified atom stereocenters. The van der Waals surface area contributed by atoms with Gasteiger partial charge in [-0.15, -0.1) is 0 Å². The van der Waals surface area contributed by atoms with E-state index in [2.05, 4.69) is 15.6 Å². The van der Waals surface area contributed by atoms with Crippen molar-refractivity contribution in [3.63, 3.8) is 0 Å². The Morgan fingerprint density at radius 2 is 1.59 bits per heavy atom. The van der Waals surface area contributed by atoms with Gasteiger partial charge in [-0.05, 0) is 47.4 Å². The Balaban J connectivity index is 1.64. The summed E-state index contributed by atoms with van der Waals surface area (Å²) in [5.74, 6) is -0.817. The first kappa shape index (κ1) is 24.8. The molecule has 34 heavy (non-hydrogen) atoms. The van der Waals surface area contributed by atoms with Crippen LogP contribution < -0.4 is 10.6 Å². The van der Waals surface area contributed by atoms with Gasteiger partial charge in [0.25, 0.3) is 5.91 Å². The minimum Gasteiger partial charge on any atom is -0.481 e. The maximum absolute atomic E-state index is 12.8. The van der Waals surface area contributed by atoms with Crippen LogP contribution >= 0.6 is 0 Å². The number of pyridine rings is 1. The lowest BCUT2D eigenvalue weighted by atomic mass is 9.99. The van der Waals surface area contributed by atoms with Crippen LogP contribution in [0.4, 0.5) is 19.0 Å². The predicted molar refractivity (Wildman–Crippen MR) is 122 cm³/mol. The zero-order valence-electron chi connectivity index (χ0n) is 18.4. The lowest BCUT2D eigenvalue weighted by Crippen LogP contribution is -2.26. The first-order valence-electron chi connectivity index (χ1n) is 10.7. The number of carboxylic acids is 1. The fourth-order valence-electron chi connectivity index (χ4n) is 3.36. The molecule has 0 aliphatic carbocycles. The number of carboxylic acid groups (broad SMARTS) is 1. The number of rotatable bonds is 9. The average molecular weight is 471 g/mol. The molecule has 0 saturated carbocycles. The zero-order chi connectivity index (χ0) is 24.7. The van der Waals surface area contributed by atoms with Crippen molar-refractivity contribution >= 4 is 17.7 Å². The van der Waals surface area contributed by atoms with Crippen molar-refractivity contribution in [1.82, 2.24) is 10.3 Å². The maximum atomic E-state index is 12.8. The van der Waals surface area contributed by atoms with Gasteiger partial charge in [-0.3, -0.25) is 9.59 Å². The van der Waals surface area contributed by atoms with Gasteiger partial charge in [-0.25, -0.2) is 4.98 Å². The van der Waals surface area contributed by atoms with Crippen molar-refractivity contribution in [1.29, 1.82) is 0 Å². The monoisotopic (exact) mass is 471 g/mol. The first-order valence-corrected chi connectivity index (χ1v) is 10.7. The predicted octanol–water partition coefficient (Wildman–Crippen LogP) is 5.54. The summed E-state index contributed by atoms with van der Waals surface area (Å²) in [6.45, 7) is 2.04. The third kappa shape index (κ3) is 6.57. The number of hydrogen-bond acceptors (Lipinski definition) is 4. The summed E-state index contributed by atoms with van der Waals surface area (Å²) in [6, 6.07) is 15.8. The summed E-state index contributed by atoms with van der Waals surface area (Å²) in [5.41, 5.74) is 2.13. The zero-order valence-corrected chi connectivity index (χ0v) is 18.4. The van der Waals surface area contributed by atoms with E-state index < -0.39 is 23.6 Å². The van der Waals surface area contributed by atoms with Crippen LogP contribution in [-0.2, 0) is 11.0 Å². The van der Waals surface area contributed by atoms with E-state index >= 15 is 0 Å². The number of carbonyl (C=O) groups excluding carboxylic acids is 1. The SMILES string of the molecule is CC[C@@H](Nc1ccc(C(=O)NCCC(=O)O)cn1)c1ccc(-c2ccc(C(F)(F)F)cc2)cc1. The molecule has 3 rings (SSSR count). The topological polar surface area (TPSA) is 91.3 Å². The lowest BCUT2D eigenvalue weighted by molar-refractivity contribution is -0.138. The summed E-state index contributed by atoms with van der Waals surface area (Å²) in [4.78, 5) is 26.8. The van der Waals surface area contributed by atoms with E-state index in [1.165, 1.54) is 18.3 Å². The van der Waals surface area contributed by atoms with Gasteiger partial charge in [-0.1, -0.05) is 43.3 Å². The van der Waals surface area contributed by atoms with Crippen LogP contribution in [-0.4, -0.2) is 28.5 Å². The largest absolute Gasteiger partial charge is 0.481 e. The summed E-state index contributed by atoms with van der Waals surface area (Å²) in [6.07, 6.45) is -2.36. The van der Waals surface area contributed by atoms with E-state index in [0.29, 0.717) is 16.9 Å². The number of halogens is 3. The van der Waals surface area contributed by atoms with Crippen LogP contribution in [0.1, 0.15) is 47.3 Å². The molecule has 0 fully saturated rings. The Hall–Kier alpha value is -3.88. The molecule has 0 aliphatic rings. The standard InChI is InChI=1S/C25H24F3N3O3/c1-2-21(31-22-12-9-19(15-30-22)24(34)29-14-13-23(32)33)18-5-3-16(4-6-18)17-7-10-20(11-8-17)25(26,27)28/h3-12,15,21H,2,13-14H2,1H3,(H,29,34)(H,30,31)(H,32,33)/t21-/m1/s1. The van der Waals surface area contributed by atoms with Crippen LogP contribution in [0.15, 0.2) is 66.9 Å². The number of carbonyl (C=O) groups is 2. The van der Waals surface area contributed by atoms with Gasteiger partial charge in [0.05, 0.1) is 23.6 Å². The molecule has 1 atom stereocenters. The third-order valence-corrected chi connectivity index (χ3v) is 5.24. The number of aliphatic carboxylic acids is 1. The molecular formula is C25H24F3N3O3. The Labute approximate surface area is 194 Å². The highest BCUT2D eigenvalue weighted by molar-refractivity contribution is 5.94. The molecule has 3 N–H and O–H groups in total. The number of alkyl halides is 3. The molecule has 0 spiro atoms. The van der Waals surface area contributed by atoms with Gasteiger partial charge in [0, 0.05) is 12.7 Å². The first-order chi connectivity index (χ1) is 16.2. The Kier molecular flexibility index (Phi) is 7.88. The molecule has 0 radical (unpaired) electrons. The minimum atomic E-state index is -4.36. The molecule has 0 saturated heterocycles. The molecular weight excluding hydrogens is 447 g/mol. The molecule has 2 aromatic carbocycles. The number of aromatic nitrogens is 1. The van der Waals surface area contributed by atoms with Crippen molar-refractivity contribution in [2.75, 3.05) is 11.9 Å². The Morgan fingerprint density at radius 1 is 0.971 bits per heavy atom. The fourth-order valence-corrected chi connectivity index (χ4v) is 3.36. The maximum Gasteiger partial charge on any atom is 0.416 e. The summed E-state index contributed by atoms with van der Waals surface area (Å²) in [5, 5.41) is 14.5. The number of nitrogens with zero attached hydrogens (tertiary/aromatic N) is 1. The summed E-state index contributed by atoms with van der Waals surface area (Å²) >= 11 is 0. The molecule has 1 aromatic heterocycles. The summed E-state index contributed by atoms with van der Waals surface area (Å²) in [7, 11) is 0. The van der Waals surface area contributed by atoms with Crippen LogP contribution in [0.2, 0.25) is 0 Å². The smallest absolute Gasteiger partial charge is 0.416 e. The highest BCUT2D eigenvalue weighted by Gasteiger charge is 2.29. The molecule has 6 nitrogen and oxygen atoms in total. The van der Waals surface area contributed by atoms with E-state index in [-0.39, 0.29) is 19.0 Å². The summed E-state index contributed by atoms with van der Waals surface area (Å²) < 4.78 is 38.3. The molecule has 3 aromatic rings. The molecule has 178 valence electrons. The van der Waals surface area contributed by atoms with Crippen LogP contribution in [0, 0.1) is 0 Å². The number of amides is 1. The quantitative estimate of drug-likeness (QED) is 0.381. The van der Waals surface area contributed by atoms with Crippen molar-refractivity contribution in [3.05, 3.63) is 83.6 Å². The van der Waals surface area contributed by atoms with E-state index in [1.807, 2.05) is 31.2 Å². The highest BCUT2D eigenvalue weighted by Crippen LogP contribution is 2.31. The normalized spacial score (nSPS) is 12.1. The van der Waals surface area contributed by atoms with E-state index in [9.17, 15) is 22.8 Å². The van der Waals surface area contributed by atoms with Crippen molar-refractivity contribution < 1.29 is 27.9 Å². The minimum absolute atomic E-state index is 0.0363. The molecule has 0 bridgehead atoms. The second-order valence-corrected chi connectivity index (χ2v) is 7.63. The van der Waals surface area contributed by atoms with E-state index in [4.69, 9.17) is 5.11 Å². The number of nitrogens with one attached hydrogen (secondary N) is 2. The number of anilines is 1. The molecule has 0 aliphatic heterocycles. The van der Waals surface area contributed by atoms with Gasteiger partial charge in [0.2, 0.25) is 0 Å². The van der Waals surface area contributed by atoms with Gasteiger partial charge in [0.1, 0.15) is 5.82 Å². The Morgan fingerprint density at radius 3 is 2.09 bits per heavy atom. The van der Waals surface area contributed by atoms with Gasteiger partial charge >= 0.3 is 12.1 Å². The molecule has 9 heteroatoms. The van der Waals surface area contributed by atoms with Gasteiger partial charge in [-0.2, -0.15) is 13.2 Å². The Bertz CT molecular complexity index is 1110.